The molecule has 0 aliphatic carbocycles. The van der Waals surface area contributed by atoms with Gasteiger partial charge in [0.1, 0.15) is 5.52 Å². The Morgan fingerprint density at radius 3 is 1.77 bits per heavy atom. The van der Waals surface area contributed by atoms with Crippen LogP contribution < -0.4 is 0 Å². The van der Waals surface area contributed by atoms with E-state index in [1.165, 1.54) is 38.5 Å². The Labute approximate surface area is 231 Å². The zero-order chi connectivity index (χ0) is 26.5. The first kappa shape index (κ1) is 22.6. The van der Waals surface area contributed by atoms with Crippen LogP contribution in [0.2, 0.25) is 0 Å². The number of nitrogens with zero attached hydrogens (tertiary/aromatic N) is 2. The van der Waals surface area contributed by atoms with E-state index in [1.54, 1.807) is 0 Å². The fourth-order valence-corrected chi connectivity index (χ4v) is 5.70. The summed E-state index contributed by atoms with van der Waals surface area (Å²) in [5.41, 5.74) is 10.9. The molecule has 0 fully saturated rings. The second-order valence-corrected chi connectivity index (χ2v) is 10.1. The molecule has 8 rings (SSSR count). The molecule has 3 heteroatoms. The van der Waals surface area contributed by atoms with Crippen LogP contribution in [0.5, 0.6) is 0 Å². The number of fused-ring (bicyclic) bond motifs is 4. The lowest BCUT2D eigenvalue weighted by Gasteiger charge is -2.09. The molecule has 0 bridgehead atoms. The van der Waals surface area contributed by atoms with E-state index in [9.17, 15) is 0 Å². The first-order chi connectivity index (χ1) is 19.8. The van der Waals surface area contributed by atoms with Crippen LogP contribution in [0.1, 0.15) is 0 Å². The summed E-state index contributed by atoms with van der Waals surface area (Å²) in [6.45, 7) is 0. The summed E-state index contributed by atoms with van der Waals surface area (Å²) in [7, 11) is 0. The van der Waals surface area contributed by atoms with E-state index in [-0.39, 0.29) is 0 Å². The topological polar surface area (TPSA) is 31.0 Å². The van der Waals surface area contributed by atoms with Crippen molar-refractivity contribution in [2.45, 2.75) is 0 Å². The monoisotopic (exact) mass is 512 g/mol. The van der Waals surface area contributed by atoms with E-state index in [0.29, 0.717) is 5.89 Å². The summed E-state index contributed by atoms with van der Waals surface area (Å²) in [5.74, 6) is 0.635. The highest BCUT2D eigenvalue weighted by atomic mass is 16.3. The maximum atomic E-state index is 6.14. The largest absolute Gasteiger partial charge is 0.436 e. The number of hydrogen-bond donors (Lipinski definition) is 0. The van der Waals surface area contributed by atoms with Gasteiger partial charge < -0.3 is 8.98 Å². The average molecular weight is 513 g/mol. The molecule has 2 aromatic heterocycles. The van der Waals surface area contributed by atoms with Crippen LogP contribution in [0.25, 0.3) is 72.3 Å². The summed E-state index contributed by atoms with van der Waals surface area (Å²) in [6, 6.07) is 51.0. The maximum Gasteiger partial charge on any atom is 0.227 e. The number of rotatable bonds is 4. The van der Waals surface area contributed by atoms with Gasteiger partial charge in [0.05, 0.1) is 11.0 Å². The summed E-state index contributed by atoms with van der Waals surface area (Å²) in [5, 5.41) is 2.36. The van der Waals surface area contributed by atoms with Crippen molar-refractivity contribution < 1.29 is 4.42 Å². The Hall–Kier alpha value is -5.41. The Morgan fingerprint density at radius 1 is 0.450 bits per heavy atom. The number of aromatic nitrogens is 2. The Bertz CT molecular complexity index is 2120. The van der Waals surface area contributed by atoms with Crippen molar-refractivity contribution in [1.82, 2.24) is 9.55 Å². The fraction of sp³-hybridized carbons (Fsp3) is 0. The summed E-state index contributed by atoms with van der Waals surface area (Å²) < 4.78 is 8.47. The molecular weight excluding hydrogens is 488 g/mol. The summed E-state index contributed by atoms with van der Waals surface area (Å²) >= 11 is 0. The van der Waals surface area contributed by atoms with Gasteiger partial charge in [-0.2, -0.15) is 0 Å². The molecule has 0 radical (unpaired) electrons. The molecule has 8 aromatic rings. The smallest absolute Gasteiger partial charge is 0.227 e. The van der Waals surface area contributed by atoms with Gasteiger partial charge in [-0.05, 0) is 82.9 Å². The summed E-state index contributed by atoms with van der Waals surface area (Å²) in [4.78, 5) is 4.76. The van der Waals surface area contributed by atoms with Crippen LogP contribution in [-0.4, -0.2) is 9.55 Å². The predicted octanol–water partition coefficient (Wildman–Crippen LogP) is 9.93. The molecular formula is C37H24N2O. The molecule has 3 nitrogen and oxygen atoms in total. The van der Waals surface area contributed by atoms with Crippen molar-refractivity contribution in [1.29, 1.82) is 0 Å². The molecule has 0 aliphatic heterocycles. The highest BCUT2D eigenvalue weighted by Gasteiger charge is 2.16. The van der Waals surface area contributed by atoms with Crippen LogP contribution in [-0.2, 0) is 0 Å². The van der Waals surface area contributed by atoms with E-state index in [0.717, 1.165) is 27.9 Å². The fourth-order valence-electron chi connectivity index (χ4n) is 5.70. The minimum Gasteiger partial charge on any atom is -0.436 e. The molecule has 0 aliphatic rings. The molecule has 0 saturated heterocycles. The highest BCUT2D eigenvalue weighted by molar-refractivity contribution is 6.11. The highest BCUT2D eigenvalue weighted by Crippen LogP contribution is 2.38. The Balaban J connectivity index is 1.35. The third-order valence-corrected chi connectivity index (χ3v) is 7.62. The van der Waals surface area contributed by atoms with Crippen LogP contribution in [0.15, 0.2) is 150 Å². The molecule has 0 saturated carbocycles. The second-order valence-electron chi connectivity index (χ2n) is 10.1. The molecule has 0 amide bonds. The van der Waals surface area contributed by atoms with Gasteiger partial charge in [0.2, 0.25) is 5.89 Å². The normalized spacial score (nSPS) is 11.5. The van der Waals surface area contributed by atoms with Crippen molar-refractivity contribution in [2.75, 3.05) is 0 Å². The number of benzene rings is 6. The second kappa shape index (κ2) is 9.11. The first-order valence-corrected chi connectivity index (χ1v) is 13.5. The lowest BCUT2D eigenvalue weighted by atomic mass is 9.98. The van der Waals surface area contributed by atoms with E-state index in [4.69, 9.17) is 9.40 Å². The molecule has 40 heavy (non-hydrogen) atoms. The zero-order valence-corrected chi connectivity index (χ0v) is 21.7. The predicted molar refractivity (Wildman–Crippen MR) is 165 cm³/mol. The van der Waals surface area contributed by atoms with E-state index in [2.05, 4.69) is 126 Å². The molecule has 2 heterocycles. The van der Waals surface area contributed by atoms with Gasteiger partial charge in [0, 0.05) is 22.0 Å². The summed E-state index contributed by atoms with van der Waals surface area (Å²) in [6.07, 6.45) is 0. The minimum absolute atomic E-state index is 0.635. The van der Waals surface area contributed by atoms with Crippen LogP contribution in [0, 0.1) is 0 Å². The van der Waals surface area contributed by atoms with Crippen LogP contribution >= 0.6 is 0 Å². The molecule has 0 atom stereocenters. The van der Waals surface area contributed by atoms with E-state index in [1.807, 2.05) is 24.3 Å². The van der Waals surface area contributed by atoms with Crippen molar-refractivity contribution in [2.24, 2.45) is 0 Å². The van der Waals surface area contributed by atoms with Crippen molar-refractivity contribution in [3.05, 3.63) is 146 Å². The number of hydrogen-bond acceptors (Lipinski definition) is 2. The molecule has 0 spiro atoms. The quantitative estimate of drug-likeness (QED) is 0.235. The van der Waals surface area contributed by atoms with Gasteiger partial charge in [0.25, 0.3) is 0 Å². The third-order valence-electron chi connectivity index (χ3n) is 7.62. The standard InChI is InChI=1S/C37H24N2O/c1-3-10-25(11-4-1)26-12-9-13-27(22-26)28-18-20-34-31(23-28)32-24-29(37-38-33-16-7-8-17-36(33)40-37)19-21-35(32)39(34)30-14-5-2-6-15-30/h1-24H. The van der Waals surface area contributed by atoms with Crippen LogP contribution in [0.4, 0.5) is 0 Å². The third kappa shape index (κ3) is 3.71. The SMILES string of the molecule is c1ccc(-c2cccc(-c3ccc4c(c3)c3cc(-c5nc6ccccc6o5)ccc3n4-c3ccccc3)c2)cc1. The maximum absolute atomic E-state index is 6.14. The van der Waals surface area contributed by atoms with E-state index < -0.39 is 0 Å². The Kier molecular flexibility index (Phi) is 5.14. The van der Waals surface area contributed by atoms with Gasteiger partial charge >= 0.3 is 0 Å². The van der Waals surface area contributed by atoms with Gasteiger partial charge in [-0.3, -0.25) is 0 Å². The van der Waals surface area contributed by atoms with E-state index >= 15 is 0 Å². The lowest BCUT2D eigenvalue weighted by Crippen LogP contribution is -1.93. The van der Waals surface area contributed by atoms with Gasteiger partial charge in [-0.1, -0.05) is 84.9 Å². The zero-order valence-electron chi connectivity index (χ0n) is 21.7. The molecule has 188 valence electrons. The van der Waals surface area contributed by atoms with Crippen molar-refractivity contribution in [3.8, 4) is 39.4 Å². The van der Waals surface area contributed by atoms with Crippen molar-refractivity contribution >= 4 is 32.9 Å². The molecule has 0 N–H and O–H groups in total. The van der Waals surface area contributed by atoms with Crippen LogP contribution in [0.3, 0.4) is 0 Å². The van der Waals surface area contributed by atoms with Gasteiger partial charge in [-0.15, -0.1) is 0 Å². The molecule has 0 unspecified atom stereocenters. The molecule has 6 aromatic carbocycles. The number of oxazole rings is 1. The van der Waals surface area contributed by atoms with Gasteiger partial charge in [-0.25, -0.2) is 4.98 Å². The number of para-hydroxylation sites is 3. The van der Waals surface area contributed by atoms with Crippen molar-refractivity contribution in [3.63, 3.8) is 0 Å². The Morgan fingerprint density at radius 2 is 1.02 bits per heavy atom. The van der Waals surface area contributed by atoms with Gasteiger partial charge in [0.15, 0.2) is 5.58 Å². The minimum atomic E-state index is 0.635. The first-order valence-electron chi connectivity index (χ1n) is 13.5. The lowest BCUT2D eigenvalue weighted by molar-refractivity contribution is 0.620. The average Bonchev–Trinajstić information content (AvgIpc) is 3.61.